The maximum atomic E-state index is 12.1. The third-order valence-corrected chi connectivity index (χ3v) is 4.22. The third-order valence-electron chi connectivity index (χ3n) is 3.53. The highest BCUT2D eigenvalue weighted by Gasteiger charge is 2.13. The Hall–Kier alpha value is -3.32. The average Bonchev–Trinajstić information content (AvgIpc) is 3.35. The molecule has 122 valence electrons. The Morgan fingerprint density at radius 1 is 1.04 bits per heavy atom. The SMILES string of the molecule is O=C(Nc1nnc(-c2cccc(-c3ccsc3)c2)o1)c1cccnc1. The van der Waals surface area contributed by atoms with Crippen LogP contribution >= 0.6 is 11.3 Å². The lowest BCUT2D eigenvalue weighted by Crippen LogP contribution is -2.12. The van der Waals surface area contributed by atoms with Crippen LogP contribution in [0.4, 0.5) is 6.01 Å². The molecule has 0 atom stereocenters. The zero-order valence-electron chi connectivity index (χ0n) is 12.9. The Bertz CT molecular complexity index is 997. The fourth-order valence-corrected chi connectivity index (χ4v) is 2.98. The van der Waals surface area contributed by atoms with Gasteiger partial charge in [-0.15, -0.1) is 5.10 Å². The minimum absolute atomic E-state index is 0.0461. The number of hydrogen-bond acceptors (Lipinski definition) is 6. The van der Waals surface area contributed by atoms with E-state index in [0.717, 1.165) is 16.7 Å². The first-order valence-electron chi connectivity index (χ1n) is 7.47. The molecule has 1 aromatic carbocycles. The van der Waals surface area contributed by atoms with Gasteiger partial charge in [-0.05, 0) is 52.2 Å². The number of benzene rings is 1. The van der Waals surface area contributed by atoms with E-state index in [0.29, 0.717) is 11.5 Å². The first-order valence-corrected chi connectivity index (χ1v) is 8.42. The van der Waals surface area contributed by atoms with Gasteiger partial charge in [-0.2, -0.15) is 11.3 Å². The van der Waals surface area contributed by atoms with Crippen molar-refractivity contribution in [3.8, 4) is 22.6 Å². The van der Waals surface area contributed by atoms with Gasteiger partial charge in [-0.25, -0.2) is 0 Å². The van der Waals surface area contributed by atoms with Crippen LogP contribution in [0.2, 0.25) is 0 Å². The number of pyridine rings is 1. The van der Waals surface area contributed by atoms with E-state index in [-0.39, 0.29) is 11.9 Å². The number of rotatable bonds is 4. The standard InChI is InChI=1S/C18H12N4O2S/c23-16(14-5-2-7-19-10-14)20-18-22-21-17(24-18)13-4-1-3-12(9-13)15-6-8-25-11-15/h1-11H,(H,20,22,23). The summed E-state index contributed by atoms with van der Waals surface area (Å²) in [4.78, 5) is 16.0. The number of hydrogen-bond donors (Lipinski definition) is 1. The normalized spacial score (nSPS) is 10.6. The van der Waals surface area contributed by atoms with Gasteiger partial charge in [0, 0.05) is 18.0 Å². The number of thiophene rings is 1. The second-order valence-corrected chi connectivity index (χ2v) is 5.98. The van der Waals surface area contributed by atoms with Gasteiger partial charge in [0.1, 0.15) is 0 Å². The Morgan fingerprint density at radius 3 is 2.76 bits per heavy atom. The second kappa shape index (κ2) is 6.66. The second-order valence-electron chi connectivity index (χ2n) is 5.20. The van der Waals surface area contributed by atoms with Crippen molar-refractivity contribution < 1.29 is 9.21 Å². The lowest BCUT2D eigenvalue weighted by Gasteiger charge is -2.01. The molecule has 0 saturated heterocycles. The molecule has 1 N–H and O–H groups in total. The highest BCUT2D eigenvalue weighted by molar-refractivity contribution is 7.08. The molecule has 6 nitrogen and oxygen atoms in total. The molecular formula is C18H12N4O2S. The van der Waals surface area contributed by atoms with Crippen LogP contribution < -0.4 is 5.32 Å². The summed E-state index contributed by atoms with van der Waals surface area (Å²) >= 11 is 1.64. The first kappa shape index (κ1) is 15.2. The molecular weight excluding hydrogens is 336 g/mol. The summed E-state index contributed by atoms with van der Waals surface area (Å²) in [6.07, 6.45) is 3.07. The summed E-state index contributed by atoms with van der Waals surface area (Å²) < 4.78 is 5.56. The van der Waals surface area contributed by atoms with Gasteiger partial charge in [0.25, 0.3) is 5.91 Å². The van der Waals surface area contributed by atoms with Crippen molar-refractivity contribution in [2.75, 3.05) is 5.32 Å². The topological polar surface area (TPSA) is 80.9 Å². The van der Waals surface area contributed by atoms with Gasteiger partial charge < -0.3 is 4.42 Å². The fourth-order valence-electron chi connectivity index (χ4n) is 2.32. The number of carbonyl (C=O) groups is 1. The quantitative estimate of drug-likeness (QED) is 0.600. The molecule has 7 heteroatoms. The maximum Gasteiger partial charge on any atom is 0.322 e. The fraction of sp³-hybridized carbons (Fsp3) is 0. The van der Waals surface area contributed by atoms with E-state index in [2.05, 4.69) is 31.9 Å². The molecule has 25 heavy (non-hydrogen) atoms. The molecule has 3 aromatic heterocycles. The number of nitrogens with one attached hydrogen (secondary N) is 1. The molecule has 0 aliphatic heterocycles. The van der Waals surface area contributed by atoms with Crippen molar-refractivity contribution in [3.63, 3.8) is 0 Å². The van der Waals surface area contributed by atoms with Crippen molar-refractivity contribution in [3.05, 3.63) is 71.2 Å². The molecule has 4 aromatic rings. The average molecular weight is 348 g/mol. The van der Waals surface area contributed by atoms with Crippen molar-refractivity contribution >= 4 is 23.3 Å². The number of carbonyl (C=O) groups excluding carboxylic acids is 1. The van der Waals surface area contributed by atoms with Crippen molar-refractivity contribution in [1.82, 2.24) is 15.2 Å². The van der Waals surface area contributed by atoms with Gasteiger partial charge >= 0.3 is 6.01 Å². The smallest absolute Gasteiger partial charge is 0.322 e. The first-order chi connectivity index (χ1) is 12.3. The zero-order chi connectivity index (χ0) is 17.1. The number of anilines is 1. The Balaban J connectivity index is 1.55. The zero-order valence-corrected chi connectivity index (χ0v) is 13.7. The van der Waals surface area contributed by atoms with Crippen molar-refractivity contribution in [2.24, 2.45) is 0 Å². The Labute approximate surface area is 147 Å². The third kappa shape index (κ3) is 3.31. The van der Waals surface area contributed by atoms with Crippen LogP contribution in [0.3, 0.4) is 0 Å². The van der Waals surface area contributed by atoms with Crippen LogP contribution in [0.1, 0.15) is 10.4 Å². The number of nitrogens with zero attached hydrogens (tertiary/aromatic N) is 3. The molecule has 0 unspecified atom stereocenters. The minimum atomic E-state index is -0.352. The molecule has 4 rings (SSSR count). The summed E-state index contributed by atoms with van der Waals surface area (Å²) in [7, 11) is 0. The van der Waals surface area contributed by atoms with Crippen LogP contribution in [0, 0.1) is 0 Å². The van der Waals surface area contributed by atoms with Crippen LogP contribution in [0.25, 0.3) is 22.6 Å². The molecule has 0 saturated carbocycles. The Kier molecular flexibility index (Phi) is 4.05. The van der Waals surface area contributed by atoms with E-state index in [1.54, 1.807) is 29.7 Å². The van der Waals surface area contributed by atoms with Gasteiger partial charge in [0.05, 0.1) is 5.56 Å². The summed E-state index contributed by atoms with van der Waals surface area (Å²) in [5.74, 6) is -0.00566. The van der Waals surface area contributed by atoms with Crippen molar-refractivity contribution in [1.29, 1.82) is 0 Å². The van der Waals surface area contributed by atoms with E-state index in [9.17, 15) is 4.79 Å². The lowest BCUT2D eigenvalue weighted by molar-refractivity contribution is 0.102. The summed E-state index contributed by atoms with van der Waals surface area (Å²) in [5, 5.41) is 14.6. The number of aromatic nitrogens is 3. The molecule has 0 spiro atoms. The molecule has 0 radical (unpaired) electrons. The summed E-state index contributed by atoms with van der Waals surface area (Å²) in [5.41, 5.74) is 3.41. The predicted octanol–water partition coefficient (Wildman–Crippen LogP) is 4.11. The number of amides is 1. The van der Waals surface area contributed by atoms with E-state index >= 15 is 0 Å². The van der Waals surface area contributed by atoms with Gasteiger partial charge in [0.15, 0.2) is 0 Å². The van der Waals surface area contributed by atoms with E-state index in [4.69, 9.17) is 4.42 Å². The van der Waals surface area contributed by atoms with Gasteiger partial charge in [-0.3, -0.25) is 15.1 Å². The maximum absolute atomic E-state index is 12.1. The van der Waals surface area contributed by atoms with E-state index in [1.807, 2.05) is 29.6 Å². The molecule has 0 aliphatic carbocycles. The predicted molar refractivity (Wildman–Crippen MR) is 95.2 cm³/mol. The van der Waals surface area contributed by atoms with Crippen LogP contribution in [-0.2, 0) is 0 Å². The van der Waals surface area contributed by atoms with Crippen molar-refractivity contribution in [2.45, 2.75) is 0 Å². The molecule has 0 bridgehead atoms. The van der Waals surface area contributed by atoms with Crippen LogP contribution in [-0.4, -0.2) is 21.1 Å². The van der Waals surface area contributed by atoms with Crippen LogP contribution in [0.5, 0.6) is 0 Å². The lowest BCUT2D eigenvalue weighted by atomic mass is 10.1. The molecule has 0 aliphatic rings. The largest absolute Gasteiger partial charge is 0.403 e. The molecule has 0 fully saturated rings. The monoisotopic (exact) mass is 348 g/mol. The summed E-state index contributed by atoms with van der Waals surface area (Å²) in [6.45, 7) is 0. The molecule has 3 heterocycles. The van der Waals surface area contributed by atoms with Gasteiger partial charge in [-0.1, -0.05) is 17.2 Å². The minimum Gasteiger partial charge on any atom is -0.403 e. The highest BCUT2D eigenvalue weighted by Crippen LogP contribution is 2.27. The summed E-state index contributed by atoms with van der Waals surface area (Å²) in [6, 6.07) is 13.3. The Morgan fingerprint density at radius 2 is 1.96 bits per heavy atom. The van der Waals surface area contributed by atoms with Crippen LogP contribution in [0.15, 0.2) is 70.0 Å². The van der Waals surface area contributed by atoms with Gasteiger partial charge in [0.2, 0.25) is 5.89 Å². The van der Waals surface area contributed by atoms with E-state index < -0.39 is 0 Å². The highest BCUT2D eigenvalue weighted by atomic mass is 32.1. The van der Waals surface area contributed by atoms with E-state index in [1.165, 1.54) is 6.20 Å². The molecule has 1 amide bonds.